The van der Waals surface area contributed by atoms with Gasteiger partial charge in [0.15, 0.2) is 11.4 Å². The number of hydrogen-bond donors (Lipinski definition) is 6. The summed E-state index contributed by atoms with van der Waals surface area (Å²) < 4.78 is 0. The van der Waals surface area contributed by atoms with Gasteiger partial charge in [0.2, 0.25) is 11.7 Å². The average molecular weight is 594 g/mol. The molecular weight excluding hydrogens is 558 g/mol. The summed E-state index contributed by atoms with van der Waals surface area (Å²) in [4.78, 5) is 56.6. The normalized spacial score (nSPS) is 25.4. The molecule has 0 heterocycles. The molecule has 0 bridgehead atoms. The highest BCUT2D eigenvalue weighted by Gasteiger charge is 2.64. The van der Waals surface area contributed by atoms with Crippen LogP contribution in [0.5, 0.6) is 5.75 Å². The Balaban J connectivity index is 0.00000462. The fraction of sp³-hybridized carbons (Fsp3) is 0.481. The Kier molecular flexibility index (Phi) is 8.53. The first-order valence-corrected chi connectivity index (χ1v) is 12.7. The van der Waals surface area contributed by atoms with Gasteiger partial charge in [0.25, 0.3) is 5.91 Å². The summed E-state index contributed by atoms with van der Waals surface area (Å²) in [6, 6.07) is 0.412. The number of aliphatic hydroxyl groups is 3. The zero-order valence-electron chi connectivity index (χ0n) is 23.7. The molecule has 1 fully saturated rings. The predicted octanol–water partition coefficient (Wildman–Crippen LogP) is -0.0481. The Labute approximate surface area is 243 Å². The van der Waals surface area contributed by atoms with Crippen molar-refractivity contribution in [2.24, 2.45) is 17.6 Å². The Bertz CT molecular complexity index is 1400. The van der Waals surface area contributed by atoms with Crippen LogP contribution in [-0.4, -0.2) is 114 Å². The molecule has 224 valence electrons. The van der Waals surface area contributed by atoms with Crippen molar-refractivity contribution in [3.8, 4) is 5.75 Å². The molecule has 3 aliphatic carbocycles. The summed E-state index contributed by atoms with van der Waals surface area (Å²) in [6.45, 7) is 0.0233. The van der Waals surface area contributed by atoms with Crippen molar-refractivity contribution < 1.29 is 39.6 Å². The molecule has 1 aromatic carbocycles. The number of amides is 2. The lowest BCUT2D eigenvalue weighted by Crippen LogP contribution is -2.65. The number of halogens is 1. The van der Waals surface area contributed by atoms with E-state index in [-0.39, 0.29) is 48.6 Å². The summed E-state index contributed by atoms with van der Waals surface area (Å²) in [6.07, 6.45) is 0.127. The van der Waals surface area contributed by atoms with E-state index in [1.807, 2.05) is 0 Å². The molecule has 0 radical (unpaired) electrons. The largest absolute Gasteiger partial charge is 0.508 e. The molecule has 2 unspecified atom stereocenters. The van der Waals surface area contributed by atoms with Gasteiger partial charge in [0.05, 0.1) is 23.8 Å². The van der Waals surface area contributed by atoms with Crippen molar-refractivity contribution >= 4 is 52.9 Å². The topological polar surface area (TPSA) is 197 Å². The van der Waals surface area contributed by atoms with Crippen LogP contribution in [0.15, 0.2) is 23.0 Å². The monoisotopic (exact) mass is 593 g/mol. The van der Waals surface area contributed by atoms with Gasteiger partial charge in [-0.3, -0.25) is 24.1 Å². The van der Waals surface area contributed by atoms with Crippen molar-refractivity contribution in [1.82, 2.24) is 9.80 Å². The molecule has 1 aromatic rings. The maximum absolute atomic E-state index is 14.0. The third kappa shape index (κ3) is 4.82. The first-order chi connectivity index (χ1) is 18.5. The molecule has 14 heteroatoms. The van der Waals surface area contributed by atoms with E-state index in [2.05, 4.69) is 5.32 Å². The summed E-state index contributed by atoms with van der Waals surface area (Å²) >= 11 is 0. The Hall–Kier alpha value is -3.65. The van der Waals surface area contributed by atoms with Gasteiger partial charge in [0.1, 0.15) is 22.8 Å². The Morgan fingerprint density at radius 2 is 1.71 bits per heavy atom. The van der Waals surface area contributed by atoms with Crippen LogP contribution in [0.3, 0.4) is 0 Å². The lowest BCUT2D eigenvalue weighted by atomic mass is 9.57. The second kappa shape index (κ2) is 11.0. The van der Waals surface area contributed by atoms with Gasteiger partial charge >= 0.3 is 0 Å². The van der Waals surface area contributed by atoms with Gasteiger partial charge in [-0.2, -0.15) is 0 Å². The molecule has 0 saturated heterocycles. The van der Waals surface area contributed by atoms with E-state index in [1.165, 1.54) is 4.90 Å². The number of ketones is 2. The Morgan fingerprint density at radius 3 is 2.22 bits per heavy atom. The summed E-state index contributed by atoms with van der Waals surface area (Å²) in [5.74, 6) is -7.73. The molecule has 7 N–H and O–H groups in total. The van der Waals surface area contributed by atoms with E-state index >= 15 is 0 Å². The lowest BCUT2D eigenvalue weighted by Gasteiger charge is -2.50. The van der Waals surface area contributed by atoms with Gasteiger partial charge in [-0.05, 0) is 58.6 Å². The maximum Gasteiger partial charge on any atom is 0.255 e. The highest BCUT2D eigenvalue weighted by atomic mass is 35.5. The van der Waals surface area contributed by atoms with Crippen molar-refractivity contribution in [3.05, 3.63) is 34.1 Å². The number of phenolic OH excluding ortho intramolecular Hbond substituents is 1. The molecule has 4 rings (SSSR count). The zero-order valence-corrected chi connectivity index (χ0v) is 24.5. The number of phenols is 1. The fourth-order valence-electron chi connectivity index (χ4n) is 6.26. The van der Waals surface area contributed by atoms with Gasteiger partial charge in [-0.15, -0.1) is 12.4 Å². The number of primary amides is 1. The molecule has 41 heavy (non-hydrogen) atoms. The first-order valence-electron chi connectivity index (χ1n) is 12.7. The van der Waals surface area contributed by atoms with Gasteiger partial charge < -0.3 is 41.3 Å². The third-order valence-corrected chi connectivity index (χ3v) is 7.91. The summed E-state index contributed by atoms with van der Waals surface area (Å²) in [5.41, 5.74) is 2.48. The number of aliphatic hydroxyl groups excluding tert-OH is 2. The van der Waals surface area contributed by atoms with Crippen LogP contribution in [0, 0.1) is 11.8 Å². The number of benzene rings is 1. The smallest absolute Gasteiger partial charge is 0.255 e. The number of Topliss-reactive ketones (excluding diaryl/α,β-unsaturated/α-hetero) is 2. The van der Waals surface area contributed by atoms with E-state index in [0.717, 1.165) is 0 Å². The predicted molar refractivity (Wildman–Crippen MR) is 153 cm³/mol. The fourth-order valence-corrected chi connectivity index (χ4v) is 6.26. The van der Waals surface area contributed by atoms with Crippen LogP contribution in [0.4, 0.5) is 11.4 Å². The van der Waals surface area contributed by atoms with E-state index in [9.17, 15) is 39.6 Å². The van der Waals surface area contributed by atoms with Crippen molar-refractivity contribution in [2.45, 2.75) is 24.5 Å². The minimum Gasteiger partial charge on any atom is -0.508 e. The maximum atomic E-state index is 14.0. The third-order valence-electron chi connectivity index (χ3n) is 7.91. The standard InChI is InChI=1S/C27H35N5O8.ClH/c1-30(2)10-16(33)29-14-9-15(31(3)4)12-7-11-8-13-20(32(5)6)23(36)19(26(28)39)25(38)27(13,40)24(37)17(11)22(35)18(12)21(14)34;/h9,11,13,20,34-35,38,40H,7-8,10H2,1-6H3,(H2,28,39)(H,29,33);1H/t11?,13?,20-,27-;/m1./s1. The molecule has 4 atom stereocenters. The van der Waals surface area contributed by atoms with Crippen LogP contribution in [-0.2, 0) is 25.6 Å². The number of anilines is 2. The number of carbonyl (C=O) groups excluding carboxylic acids is 4. The Morgan fingerprint density at radius 1 is 1.10 bits per heavy atom. The number of nitrogens with two attached hydrogens (primary N) is 1. The number of rotatable bonds is 6. The van der Waals surface area contributed by atoms with Crippen LogP contribution in [0.2, 0.25) is 0 Å². The van der Waals surface area contributed by atoms with Crippen LogP contribution >= 0.6 is 12.4 Å². The number of hydrogen-bond acceptors (Lipinski definition) is 11. The summed E-state index contributed by atoms with van der Waals surface area (Å²) in [5, 5.41) is 48.0. The van der Waals surface area contributed by atoms with Crippen molar-refractivity contribution in [2.75, 3.05) is 59.0 Å². The molecule has 13 nitrogen and oxygen atoms in total. The quantitative estimate of drug-likeness (QED) is 0.191. The molecule has 0 aromatic heterocycles. The van der Waals surface area contributed by atoms with Gasteiger partial charge in [-0.1, -0.05) is 0 Å². The van der Waals surface area contributed by atoms with E-state index in [1.54, 1.807) is 58.2 Å². The number of likely N-dealkylation sites (N-methyl/N-ethyl adjacent to an activating group) is 2. The number of aromatic hydroxyl groups is 1. The molecule has 3 aliphatic rings. The average Bonchev–Trinajstić information content (AvgIpc) is 2.81. The van der Waals surface area contributed by atoms with Crippen LogP contribution in [0.1, 0.15) is 17.5 Å². The molecule has 1 saturated carbocycles. The van der Waals surface area contributed by atoms with Crippen molar-refractivity contribution in [1.29, 1.82) is 0 Å². The number of fused-ring (bicyclic) bond motifs is 3. The molecule has 0 aliphatic heterocycles. The number of carbonyl (C=O) groups is 4. The molecular formula is C27H36ClN5O8. The zero-order chi connectivity index (χ0) is 30.0. The first kappa shape index (κ1) is 31.9. The minimum atomic E-state index is -2.72. The highest BCUT2D eigenvalue weighted by Crippen LogP contribution is 2.54. The van der Waals surface area contributed by atoms with E-state index < -0.39 is 69.7 Å². The summed E-state index contributed by atoms with van der Waals surface area (Å²) in [7, 11) is 9.98. The van der Waals surface area contributed by atoms with E-state index in [4.69, 9.17) is 5.73 Å². The van der Waals surface area contributed by atoms with Crippen LogP contribution < -0.4 is 16.0 Å². The highest BCUT2D eigenvalue weighted by molar-refractivity contribution is 6.24. The lowest BCUT2D eigenvalue weighted by molar-refractivity contribution is -0.153. The van der Waals surface area contributed by atoms with Crippen molar-refractivity contribution in [3.63, 3.8) is 0 Å². The SMILES string of the molecule is CN(C)CC(=O)Nc1cc(N(C)C)c2c(c1O)C(O)=C1C(=O)[C@@]3(O)C(O)=C(C(N)=O)C(=O)[C@H](N(C)C)C3CC1C2.Cl. The second-order valence-corrected chi connectivity index (χ2v) is 11.3. The second-order valence-electron chi connectivity index (χ2n) is 11.3. The number of nitrogens with one attached hydrogen (secondary N) is 1. The molecule has 2 amide bonds. The number of nitrogens with zero attached hydrogens (tertiary/aromatic N) is 3. The minimum absolute atomic E-state index is 0. The molecule has 0 spiro atoms. The van der Waals surface area contributed by atoms with Gasteiger partial charge in [0, 0.05) is 31.3 Å². The van der Waals surface area contributed by atoms with Crippen LogP contribution in [0.25, 0.3) is 5.76 Å². The van der Waals surface area contributed by atoms with E-state index in [0.29, 0.717) is 11.3 Å². The van der Waals surface area contributed by atoms with Gasteiger partial charge in [-0.25, -0.2) is 0 Å².